The lowest BCUT2D eigenvalue weighted by atomic mass is 10.2. The number of rotatable bonds is 7. The predicted octanol–water partition coefficient (Wildman–Crippen LogP) is 2.34. The Morgan fingerprint density at radius 2 is 2.25 bits per heavy atom. The first-order valence-electron chi connectivity index (χ1n) is 8.05. The molecule has 1 aromatic carbocycles. The maximum atomic E-state index is 12.0. The molecule has 0 saturated carbocycles. The van der Waals surface area contributed by atoms with Crippen molar-refractivity contribution in [2.75, 3.05) is 18.9 Å². The van der Waals surface area contributed by atoms with Gasteiger partial charge in [-0.1, -0.05) is 30.8 Å². The molecule has 1 N–H and O–H groups in total. The van der Waals surface area contributed by atoms with Gasteiger partial charge in [0.05, 0.1) is 12.3 Å². The molecule has 1 aliphatic heterocycles. The van der Waals surface area contributed by atoms with Gasteiger partial charge in [-0.3, -0.25) is 4.79 Å². The van der Waals surface area contributed by atoms with Crippen molar-refractivity contribution in [1.29, 1.82) is 0 Å². The number of amides is 1. The van der Waals surface area contributed by atoms with Crippen LogP contribution in [0, 0.1) is 0 Å². The van der Waals surface area contributed by atoms with Crippen molar-refractivity contribution >= 4 is 17.7 Å². The summed E-state index contributed by atoms with van der Waals surface area (Å²) in [6.45, 7) is 3.89. The fourth-order valence-corrected chi connectivity index (χ4v) is 3.23. The summed E-state index contributed by atoms with van der Waals surface area (Å²) < 4.78 is 13.5. The van der Waals surface area contributed by atoms with Gasteiger partial charge >= 0.3 is 0 Å². The van der Waals surface area contributed by atoms with Gasteiger partial charge in [-0.2, -0.15) is 0 Å². The first kappa shape index (κ1) is 16.7. The van der Waals surface area contributed by atoms with Crippen molar-refractivity contribution < 1.29 is 14.3 Å². The molecule has 0 saturated heterocycles. The van der Waals surface area contributed by atoms with Gasteiger partial charge in [-0.15, -0.1) is 0 Å². The number of carbonyl (C=O) groups is 1. The quantitative estimate of drug-likeness (QED) is 0.779. The third kappa shape index (κ3) is 4.23. The number of nitrogens with zero attached hydrogens (tertiary/aromatic N) is 2. The number of hydrogen-bond acceptors (Lipinski definition) is 5. The van der Waals surface area contributed by atoms with E-state index in [1.165, 1.54) is 11.8 Å². The molecule has 2 aromatic rings. The zero-order valence-corrected chi connectivity index (χ0v) is 14.4. The van der Waals surface area contributed by atoms with E-state index in [4.69, 9.17) is 9.47 Å². The van der Waals surface area contributed by atoms with E-state index in [0.717, 1.165) is 29.6 Å². The third-order valence-corrected chi connectivity index (χ3v) is 4.57. The number of carbonyl (C=O) groups excluding carboxylic acids is 1. The molecule has 1 aliphatic rings. The molecule has 24 heavy (non-hydrogen) atoms. The van der Waals surface area contributed by atoms with E-state index in [-0.39, 0.29) is 12.0 Å². The fourth-order valence-electron chi connectivity index (χ4n) is 2.42. The molecule has 1 aromatic heterocycles. The van der Waals surface area contributed by atoms with Crippen LogP contribution in [0.25, 0.3) is 0 Å². The molecule has 0 radical (unpaired) electrons. The molecule has 1 unspecified atom stereocenters. The highest BCUT2D eigenvalue weighted by molar-refractivity contribution is 7.99. The van der Waals surface area contributed by atoms with Crippen molar-refractivity contribution in [2.24, 2.45) is 0 Å². The molecule has 0 spiro atoms. The summed E-state index contributed by atoms with van der Waals surface area (Å²) in [5.41, 5.74) is 0. The lowest BCUT2D eigenvalue weighted by Gasteiger charge is -2.26. The minimum atomic E-state index is -0.170. The van der Waals surface area contributed by atoms with Crippen LogP contribution in [0.5, 0.6) is 11.5 Å². The van der Waals surface area contributed by atoms with Gasteiger partial charge < -0.3 is 19.4 Å². The number of ether oxygens (including phenoxy) is 2. The van der Waals surface area contributed by atoms with E-state index in [1.807, 2.05) is 30.5 Å². The van der Waals surface area contributed by atoms with E-state index in [1.54, 1.807) is 6.20 Å². The normalized spacial score (nSPS) is 16.0. The Balaban J connectivity index is 1.42. The van der Waals surface area contributed by atoms with Gasteiger partial charge in [0.1, 0.15) is 12.7 Å². The largest absolute Gasteiger partial charge is 0.486 e. The monoisotopic (exact) mass is 347 g/mol. The summed E-state index contributed by atoms with van der Waals surface area (Å²) >= 11 is 1.44. The number of nitrogens with one attached hydrogen (secondary N) is 1. The van der Waals surface area contributed by atoms with Crippen molar-refractivity contribution in [2.45, 2.75) is 31.1 Å². The Morgan fingerprint density at radius 1 is 1.42 bits per heavy atom. The predicted molar refractivity (Wildman–Crippen MR) is 92.6 cm³/mol. The fraction of sp³-hybridized carbons (Fsp3) is 0.412. The highest BCUT2D eigenvalue weighted by atomic mass is 32.2. The van der Waals surface area contributed by atoms with Crippen LogP contribution in [0.4, 0.5) is 0 Å². The van der Waals surface area contributed by atoms with Crippen LogP contribution in [-0.2, 0) is 11.3 Å². The van der Waals surface area contributed by atoms with Gasteiger partial charge in [0, 0.05) is 18.9 Å². The summed E-state index contributed by atoms with van der Waals surface area (Å²) in [5, 5.41) is 3.77. The minimum Gasteiger partial charge on any atom is -0.486 e. The van der Waals surface area contributed by atoms with Gasteiger partial charge in [-0.05, 0) is 18.6 Å². The maximum Gasteiger partial charge on any atom is 0.230 e. The zero-order valence-electron chi connectivity index (χ0n) is 13.6. The van der Waals surface area contributed by atoms with Crippen molar-refractivity contribution in [3.05, 3.63) is 36.7 Å². The van der Waals surface area contributed by atoms with Crippen LogP contribution in [0.1, 0.15) is 13.3 Å². The lowest BCUT2D eigenvalue weighted by Crippen LogP contribution is -2.41. The molecular weight excluding hydrogens is 326 g/mol. The lowest BCUT2D eigenvalue weighted by molar-refractivity contribution is -0.119. The molecule has 0 aliphatic carbocycles. The molecule has 2 heterocycles. The Morgan fingerprint density at radius 3 is 3.08 bits per heavy atom. The summed E-state index contributed by atoms with van der Waals surface area (Å²) in [7, 11) is 0. The number of hydrogen-bond donors (Lipinski definition) is 1. The van der Waals surface area contributed by atoms with Gasteiger partial charge in [-0.25, -0.2) is 4.98 Å². The first-order valence-corrected chi connectivity index (χ1v) is 9.04. The second kappa shape index (κ2) is 8.10. The standard InChI is InChI=1S/C17H21N3O3S/c1-2-8-20-9-7-18-17(20)24-12-16(21)19-10-13-11-22-14-5-3-4-6-15(14)23-13/h3-7,9,13H,2,8,10-12H2,1H3,(H,19,21). The number of thioether (sulfide) groups is 1. The van der Waals surface area contributed by atoms with E-state index >= 15 is 0 Å². The van der Waals surface area contributed by atoms with Crippen LogP contribution in [-0.4, -0.2) is 40.5 Å². The van der Waals surface area contributed by atoms with Gasteiger partial charge in [0.25, 0.3) is 0 Å². The van der Waals surface area contributed by atoms with Crippen molar-refractivity contribution in [3.63, 3.8) is 0 Å². The van der Waals surface area contributed by atoms with E-state index in [9.17, 15) is 4.79 Å². The minimum absolute atomic E-state index is 0.0338. The number of aromatic nitrogens is 2. The number of imidazole rings is 1. The smallest absolute Gasteiger partial charge is 0.230 e. The maximum absolute atomic E-state index is 12.0. The second-order valence-electron chi connectivity index (χ2n) is 5.49. The average Bonchev–Trinajstić information content (AvgIpc) is 3.05. The number of para-hydroxylation sites is 2. The van der Waals surface area contributed by atoms with Crippen LogP contribution in [0.15, 0.2) is 41.8 Å². The second-order valence-corrected chi connectivity index (χ2v) is 6.44. The number of fused-ring (bicyclic) bond motifs is 1. The van der Waals surface area contributed by atoms with Crippen LogP contribution in [0.3, 0.4) is 0 Å². The first-order chi connectivity index (χ1) is 11.8. The Kier molecular flexibility index (Phi) is 5.63. The van der Waals surface area contributed by atoms with E-state index in [0.29, 0.717) is 18.9 Å². The molecule has 3 rings (SSSR count). The molecular formula is C17H21N3O3S. The Hall–Kier alpha value is -2.15. The SMILES string of the molecule is CCCn1ccnc1SCC(=O)NCC1COc2ccccc2O1. The van der Waals surface area contributed by atoms with Crippen LogP contribution in [0.2, 0.25) is 0 Å². The summed E-state index contributed by atoms with van der Waals surface area (Å²) in [5.74, 6) is 1.77. The molecule has 7 heteroatoms. The highest BCUT2D eigenvalue weighted by Crippen LogP contribution is 2.30. The number of benzene rings is 1. The molecule has 6 nitrogen and oxygen atoms in total. The summed E-state index contributed by atoms with van der Waals surface area (Å²) in [6, 6.07) is 7.55. The molecule has 128 valence electrons. The van der Waals surface area contributed by atoms with E-state index in [2.05, 4.69) is 21.8 Å². The Labute approximate surface area is 145 Å². The van der Waals surface area contributed by atoms with Crippen LogP contribution < -0.4 is 14.8 Å². The van der Waals surface area contributed by atoms with Gasteiger partial charge in [0.15, 0.2) is 16.7 Å². The van der Waals surface area contributed by atoms with Crippen molar-refractivity contribution in [1.82, 2.24) is 14.9 Å². The summed E-state index contributed by atoms with van der Waals surface area (Å²) in [4.78, 5) is 16.3. The van der Waals surface area contributed by atoms with E-state index < -0.39 is 0 Å². The van der Waals surface area contributed by atoms with Crippen LogP contribution >= 0.6 is 11.8 Å². The third-order valence-electron chi connectivity index (χ3n) is 3.57. The van der Waals surface area contributed by atoms with Gasteiger partial charge in [0.2, 0.25) is 5.91 Å². The zero-order chi connectivity index (χ0) is 16.8. The van der Waals surface area contributed by atoms with Crippen molar-refractivity contribution in [3.8, 4) is 11.5 Å². The molecule has 0 bridgehead atoms. The Bertz CT molecular complexity index is 689. The highest BCUT2D eigenvalue weighted by Gasteiger charge is 2.21. The molecule has 1 amide bonds. The number of aryl methyl sites for hydroxylation is 1. The topological polar surface area (TPSA) is 65.4 Å². The molecule has 1 atom stereocenters. The summed E-state index contributed by atoms with van der Waals surface area (Å²) in [6.07, 6.45) is 4.57. The molecule has 0 fully saturated rings. The average molecular weight is 347 g/mol.